The molecule has 3 atom stereocenters. The van der Waals surface area contributed by atoms with E-state index in [4.69, 9.17) is 9.47 Å². The molecule has 0 radical (unpaired) electrons. The Bertz CT molecular complexity index is 416. The molecule has 1 aromatic rings. The van der Waals surface area contributed by atoms with Crippen molar-refractivity contribution in [3.05, 3.63) is 30.1 Å². The van der Waals surface area contributed by atoms with Crippen LogP contribution < -0.4 is 0 Å². The lowest BCUT2D eigenvalue weighted by atomic mass is 9.58. The van der Waals surface area contributed by atoms with E-state index in [1.807, 2.05) is 18.3 Å². The Morgan fingerprint density at radius 1 is 1.69 bits per heavy atom. The summed E-state index contributed by atoms with van der Waals surface area (Å²) < 4.78 is 10.4. The zero-order chi connectivity index (χ0) is 11.2. The third-order valence-corrected chi connectivity index (χ3v) is 3.78. The Labute approximate surface area is 93.6 Å². The van der Waals surface area contributed by atoms with Gasteiger partial charge in [0.1, 0.15) is 0 Å². The van der Waals surface area contributed by atoms with Gasteiger partial charge in [0.25, 0.3) is 0 Å². The number of esters is 1. The number of pyridine rings is 1. The van der Waals surface area contributed by atoms with E-state index in [9.17, 15) is 4.79 Å². The molecule has 0 aromatic carbocycles. The maximum absolute atomic E-state index is 11.7. The molecule has 84 valence electrons. The lowest BCUT2D eigenvalue weighted by molar-refractivity contribution is -0.154. The Morgan fingerprint density at radius 3 is 3.19 bits per heavy atom. The molecule has 1 aromatic heterocycles. The smallest absolute Gasteiger partial charge is 0.312 e. The van der Waals surface area contributed by atoms with Crippen LogP contribution in [-0.2, 0) is 19.7 Å². The van der Waals surface area contributed by atoms with Crippen molar-refractivity contribution in [2.75, 3.05) is 13.7 Å². The van der Waals surface area contributed by atoms with Gasteiger partial charge >= 0.3 is 5.97 Å². The lowest BCUT2D eigenvalue weighted by Crippen LogP contribution is -2.52. The first-order valence-electron chi connectivity index (χ1n) is 5.38. The van der Waals surface area contributed by atoms with Gasteiger partial charge in [-0.25, -0.2) is 0 Å². The molecule has 3 aliphatic rings. The first kappa shape index (κ1) is 9.78. The Morgan fingerprint density at radius 2 is 2.56 bits per heavy atom. The Hall–Kier alpha value is -1.42. The molecule has 1 saturated carbocycles. The van der Waals surface area contributed by atoms with Crippen molar-refractivity contribution in [1.29, 1.82) is 0 Å². The topological polar surface area (TPSA) is 48.4 Å². The first-order chi connectivity index (χ1) is 7.78. The molecular formula is C12H13NO3. The molecule has 2 bridgehead atoms. The molecule has 16 heavy (non-hydrogen) atoms. The van der Waals surface area contributed by atoms with Gasteiger partial charge in [-0.3, -0.25) is 9.78 Å². The zero-order valence-electron chi connectivity index (χ0n) is 9.05. The minimum Gasteiger partial charge on any atom is -0.469 e. The summed E-state index contributed by atoms with van der Waals surface area (Å²) in [6.45, 7) is 0.600. The average molecular weight is 219 g/mol. The third-order valence-electron chi connectivity index (χ3n) is 3.78. The van der Waals surface area contributed by atoms with Crippen LogP contribution in [0.4, 0.5) is 0 Å². The Kier molecular flexibility index (Phi) is 2.01. The molecule has 2 saturated heterocycles. The number of carbonyl (C=O) groups is 1. The monoisotopic (exact) mass is 219 g/mol. The van der Waals surface area contributed by atoms with Crippen molar-refractivity contribution in [2.45, 2.75) is 17.9 Å². The number of ether oxygens (including phenoxy) is 2. The predicted molar refractivity (Wildman–Crippen MR) is 55.8 cm³/mol. The second-order valence-corrected chi connectivity index (χ2v) is 4.45. The van der Waals surface area contributed by atoms with Crippen LogP contribution in [0.1, 0.15) is 12.0 Å². The summed E-state index contributed by atoms with van der Waals surface area (Å²) in [6.07, 6.45) is 4.49. The van der Waals surface area contributed by atoms with Gasteiger partial charge in [-0.15, -0.1) is 0 Å². The van der Waals surface area contributed by atoms with Gasteiger partial charge < -0.3 is 9.47 Å². The van der Waals surface area contributed by atoms with Crippen LogP contribution in [0.15, 0.2) is 24.5 Å². The molecule has 1 aliphatic carbocycles. The number of carbonyl (C=O) groups excluding carboxylic acids is 1. The summed E-state index contributed by atoms with van der Waals surface area (Å²) >= 11 is 0. The average Bonchev–Trinajstić information content (AvgIpc) is 2.89. The molecule has 3 fully saturated rings. The predicted octanol–water partition coefficient (Wildman–Crippen LogP) is 0.911. The van der Waals surface area contributed by atoms with Crippen LogP contribution in [0.25, 0.3) is 0 Å². The van der Waals surface area contributed by atoms with Crippen LogP contribution >= 0.6 is 0 Å². The van der Waals surface area contributed by atoms with Gasteiger partial charge in [0.2, 0.25) is 0 Å². The summed E-state index contributed by atoms with van der Waals surface area (Å²) in [5.41, 5.74) is 0.894. The van der Waals surface area contributed by atoms with Gasteiger partial charge in [-0.2, -0.15) is 0 Å². The second kappa shape index (κ2) is 3.28. The van der Waals surface area contributed by atoms with Crippen LogP contribution in [0.3, 0.4) is 0 Å². The second-order valence-electron chi connectivity index (χ2n) is 4.45. The summed E-state index contributed by atoms with van der Waals surface area (Å²) in [6, 6.07) is 3.90. The Balaban J connectivity index is 1.97. The number of hydrogen-bond acceptors (Lipinski definition) is 4. The molecule has 0 N–H and O–H groups in total. The molecule has 4 rings (SSSR count). The van der Waals surface area contributed by atoms with E-state index in [2.05, 4.69) is 4.98 Å². The minimum absolute atomic E-state index is 0.0349. The molecule has 4 nitrogen and oxygen atoms in total. The van der Waals surface area contributed by atoms with Crippen LogP contribution in [0.5, 0.6) is 0 Å². The van der Waals surface area contributed by atoms with Crippen molar-refractivity contribution in [1.82, 2.24) is 4.98 Å². The molecule has 4 heteroatoms. The van der Waals surface area contributed by atoms with Gasteiger partial charge in [-0.05, 0) is 18.1 Å². The van der Waals surface area contributed by atoms with E-state index in [-0.39, 0.29) is 23.4 Å². The number of rotatable bonds is 2. The van der Waals surface area contributed by atoms with E-state index in [0.717, 1.165) is 12.0 Å². The highest BCUT2D eigenvalue weighted by atomic mass is 16.5. The maximum Gasteiger partial charge on any atom is 0.312 e. The van der Waals surface area contributed by atoms with Gasteiger partial charge in [-0.1, -0.05) is 6.07 Å². The summed E-state index contributed by atoms with van der Waals surface area (Å²) in [5.74, 6) is -0.320. The van der Waals surface area contributed by atoms with Crippen LogP contribution in [-0.4, -0.2) is 30.8 Å². The fourth-order valence-corrected chi connectivity index (χ4v) is 2.90. The van der Waals surface area contributed by atoms with E-state index < -0.39 is 0 Å². The van der Waals surface area contributed by atoms with Crippen LogP contribution in [0, 0.1) is 5.92 Å². The van der Waals surface area contributed by atoms with Crippen molar-refractivity contribution in [3.63, 3.8) is 0 Å². The molecule has 3 unspecified atom stereocenters. The summed E-state index contributed by atoms with van der Waals surface area (Å²) in [7, 11) is 1.43. The molecule has 0 spiro atoms. The van der Waals surface area contributed by atoms with E-state index >= 15 is 0 Å². The first-order valence-corrected chi connectivity index (χ1v) is 5.38. The van der Waals surface area contributed by atoms with Crippen LogP contribution in [0.2, 0.25) is 0 Å². The third kappa shape index (κ3) is 1.08. The fourth-order valence-electron chi connectivity index (χ4n) is 2.90. The van der Waals surface area contributed by atoms with E-state index in [1.54, 1.807) is 6.20 Å². The quantitative estimate of drug-likeness (QED) is 0.694. The number of methoxy groups -OCH3 is 1. The largest absolute Gasteiger partial charge is 0.469 e. The molecule has 3 heterocycles. The summed E-state index contributed by atoms with van der Waals surface area (Å²) in [5, 5.41) is 0. The lowest BCUT2D eigenvalue weighted by Gasteiger charge is -2.42. The normalized spacial score (nSPS) is 35.6. The van der Waals surface area contributed by atoms with Gasteiger partial charge in [0.15, 0.2) is 0 Å². The summed E-state index contributed by atoms with van der Waals surface area (Å²) in [4.78, 5) is 15.8. The van der Waals surface area contributed by atoms with Gasteiger partial charge in [0.05, 0.1) is 25.7 Å². The highest BCUT2D eigenvalue weighted by Crippen LogP contribution is 2.56. The molecule has 2 aliphatic heterocycles. The highest BCUT2D eigenvalue weighted by molar-refractivity contribution is 5.78. The molecular weight excluding hydrogens is 206 g/mol. The standard InChI is InChI=1S/C12H13NO3/c1-15-11(14)10-9-5-12(10,7-16-9)8-3-2-4-13-6-8/h2-4,6,9-10H,5,7H2,1H3. The number of aromatic nitrogens is 1. The van der Waals surface area contributed by atoms with E-state index in [1.165, 1.54) is 7.11 Å². The molecule has 0 amide bonds. The highest BCUT2D eigenvalue weighted by Gasteiger charge is 2.65. The number of hydrogen-bond donors (Lipinski definition) is 0. The van der Waals surface area contributed by atoms with Crippen molar-refractivity contribution < 1.29 is 14.3 Å². The minimum atomic E-state index is -0.188. The van der Waals surface area contributed by atoms with E-state index in [0.29, 0.717) is 6.61 Å². The van der Waals surface area contributed by atoms with Crippen molar-refractivity contribution >= 4 is 5.97 Å². The zero-order valence-corrected chi connectivity index (χ0v) is 9.05. The maximum atomic E-state index is 11.7. The van der Waals surface area contributed by atoms with Gasteiger partial charge in [0, 0.05) is 17.8 Å². The van der Waals surface area contributed by atoms with Crippen molar-refractivity contribution in [2.24, 2.45) is 5.92 Å². The number of fused-ring (bicyclic) bond motifs is 1. The number of nitrogens with zero attached hydrogens (tertiary/aromatic N) is 1. The fraction of sp³-hybridized carbons (Fsp3) is 0.500. The van der Waals surface area contributed by atoms with Crippen molar-refractivity contribution in [3.8, 4) is 0 Å². The SMILES string of the molecule is COC(=O)C1C2CC1(c1cccnc1)CO2.